The van der Waals surface area contributed by atoms with Crippen LogP contribution in [-0.4, -0.2) is 62.4 Å². The Balaban J connectivity index is 1.72. The number of methoxy groups -OCH3 is 1. The van der Waals surface area contributed by atoms with Gasteiger partial charge in [0.15, 0.2) is 0 Å². The molecule has 1 heterocycles. The van der Waals surface area contributed by atoms with Gasteiger partial charge in [-0.15, -0.1) is 0 Å². The molecule has 0 spiro atoms. The van der Waals surface area contributed by atoms with Crippen LogP contribution in [-0.2, 0) is 22.2 Å². The number of ether oxygens (including phenoxy) is 1. The summed E-state index contributed by atoms with van der Waals surface area (Å²) in [5.41, 5.74) is 2.48. The van der Waals surface area contributed by atoms with Crippen LogP contribution in [0.25, 0.3) is 0 Å². The van der Waals surface area contributed by atoms with Crippen molar-refractivity contribution in [3.8, 4) is 0 Å². The van der Waals surface area contributed by atoms with Crippen LogP contribution in [0.15, 0.2) is 54.6 Å². The second-order valence-electron chi connectivity index (χ2n) is 8.45. The second-order valence-corrected chi connectivity index (χ2v) is 9.49. The van der Waals surface area contributed by atoms with Gasteiger partial charge in [0.05, 0.1) is 12.7 Å². The highest BCUT2D eigenvalue weighted by Crippen LogP contribution is 2.27. The molecule has 2 aromatic rings. The molecule has 3 rings (SSSR count). The van der Waals surface area contributed by atoms with Crippen molar-refractivity contribution in [3.63, 3.8) is 0 Å². The Bertz CT molecular complexity index is 931. The first-order valence-electron chi connectivity index (χ1n) is 11.0. The second kappa shape index (κ2) is 11.6. The van der Waals surface area contributed by atoms with Gasteiger partial charge in [-0.2, -0.15) is 4.31 Å². The summed E-state index contributed by atoms with van der Waals surface area (Å²) in [6, 6.07) is 18.1. The molecule has 1 aliphatic heterocycles. The first kappa shape index (κ1) is 24.4. The fraction of sp³-hybridized carbons (Fsp3) is 0.458. The molecule has 1 saturated heterocycles. The average molecular weight is 460 g/mol. The lowest BCUT2D eigenvalue weighted by Gasteiger charge is -2.41. The summed E-state index contributed by atoms with van der Waals surface area (Å²) in [6.07, 6.45) is 0.701. The van der Waals surface area contributed by atoms with E-state index in [1.165, 1.54) is 17.0 Å². The lowest BCUT2D eigenvalue weighted by Crippen LogP contribution is -2.55. The highest BCUT2D eigenvalue weighted by Gasteiger charge is 2.28. The number of nitrogens with zero attached hydrogens (tertiary/aromatic N) is 2. The Morgan fingerprint density at radius 1 is 1.09 bits per heavy atom. The monoisotopic (exact) mass is 459 g/mol. The van der Waals surface area contributed by atoms with E-state index >= 15 is 0 Å². The van der Waals surface area contributed by atoms with Crippen molar-refractivity contribution in [2.24, 2.45) is 0 Å². The third kappa shape index (κ3) is 6.62. The minimum atomic E-state index is -2.73. The predicted molar refractivity (Wildman–Crippen MR) is 126 cm³/mol. The van der Waals surface area contributed by atoms with Gasteiger partial charge in [-0.05, 0) is 43.5 Å². The van der Waals surface area contributed by atoms with Gasteiger partial charge in [0, 0.05) is 44.3 Å². The number of thiol groups is 1. The zero-order valence-corrected chi connectivity index (χ0v) is 19.8. The van der Waals surface area contributed by atoms with Gasteiger partial charge < -0.3 is 10.1 Å². The molecule has 1 unspecified atom stereocenters. The van der Waals surface area contributed by atoms with Crippen LogP contribution < -0.4 is 5.32 Å². The van der Waals surface area contributed by atoms with E-state index in [2.05, 4.69) is 36.2 Å². The van der Waals surface area contributed by atoms with Crippen LogP contribution in [0.5, 0.6) is 0 Å². The number of rotatable bonds is 9. The van der Waals surface area contributed by atoms with Crippen LogP contribution in [0.1, 0.15) is 47.8 Å². The number of nitrogens with one attached hydrogen (secondary N) is 1. The molecule has 7 nitrogen and oxygen atoms in total. The van der Waals surface area contributed by atoms with Gasteiger partial charge in [0.1, 0.15) is 0 Å². The number of piperazine rings is 1. The van der Waals surface area contributed by atoms with Gasteiger partial charge in [-0.3, -0.25) is 4.90 Å². The van der Waals surface area contributed by atoms with E-state index in [0.29, 0.717) is 30.6 Å². The standard InChI is InChI=1S/C24H33N3O4S/c1-18-15-26(16-19(2)25-18)23(21-7-5-4-6-8-21)13-14-27(32(29)30)17-20-9-11-22(12-10-20)24(28)31-3/h4-12,18-19,23,25,32H,13-17H2,1-3H3/t18-,19+,23?. The maximum atomic E-state index is 12.0. The summed E-state index contributed by atoms with van der Waals surface area (Å²) < 4.78 is 30.2. The molecule has 3 atom stereocenters. The Labute approximate surface area is 192 Å². The molecular weight excluding hydrogens is 426 g/mol. The number of carbonyl (C=O) groups excluding carboxylic acids is 1. The van der Waals surface area contributed by atoms with E-state index < -0.39 is 16.9 Å². The van der Waals surface area contributed by atoms with Gasteiger partial charge >= 0.3 is 5.97 Å². The van der Waals surface area contributed by atoms with Gasteiger partial charge in [-0.1, -0.05) is 42.5 Å². The fourth-order valence-corrected chi connectivity index (χ4v) is 4.98. The van der Waals surface area contributed by atoms with Crippen molar-refractivity contribution < 1.29 is 17.9 Å². The Kier molecular flexibility index (Phi) is 8.81. The van der Waals surface area contributed by atoms with Crippen LogP contribution in [0.4, 0.5) is 0 Å². The van der Waals surface area contributed by atoms with Crippen molar-refractivity contribution in [2.45, 2.75) is 44.9 Å². The summed E-state index contributed by atoms with van der Waals surface area (Å²) in [7, 11) is -1.40. The van der Waals surface area contributed by atoms with Crippen molar-refractivity contribution >= 4 is 16.9 Å². The molecule has 32 heavy (non-hydrogen) atoms. The molecular formula is C24H33N3O4S. The van der Waals surface area contributed by atoms with Gasteiger partial charge in [0.2, 0.25) is 10.9 Å². The van der Waals surface area contributed by atoms with Gasteiger partial charge in [0.25, 0.3) is 0 Å². The van der Waals surface area contributed by atoms with Crippen LogP contribution >= 0.6 is 0 Å². The van der Waals surface area contributed by atoms with E-state index in [9.17, 15) is 13.2 Å². The quantitative estimate of drug-likeness (QED) is 0.443. The van der Waals surface area contributed by atoms with Gasteiger partial charge in [-0.25, -0.2) is 13.2 Å². The molecule has 0 radical (unpaired) electrons. The lowest BCUT2D eigenvalue weighted by atomic mass is 9.99. The lowest BCUT2D eigenvalue weighted by molar-refractivity contribution is 0.0600. The van der Waals surface area contributed by atoms with E-state index in [0.717, 1.165) is 18.7 Å². The van der Waals surface area contributed by atoms with E-state index in [1.54, 1.807) is 24.3 Å². The molecule has 0 saturated carbocycles. The first-order valence-corrected chi connectivity index (χ1v) is 12.1. The SMILES string of the molecule is COC(=O)c1ccc(CN(CCC(c2ccccc2)N2C[C@@H](C)N[C@@H](C)C2)[SH](=O)=O)cc1. The molecule has 1 N–H and O–H groups in total. The van der Waals surface area contributed by atoms with Crippen LogP contribution in [0.3, 0.4) is 0 Å². The van der Waals surface area contributed by atoms with E-state index in [1.807, 2.05) is 18.2 Å². The topological polar surface area (TPSA) is 79.0 Å². The highest BCUT2D eigenvalue weighted by atomic mass is 32.2. The Morgan fingerprint density at radius 3 is 2.28 bits per heavy atom. The molecule has 0 bridgehead atoms. The summed E-state index contributed by atoms with van der Waals surface area (Å²) in [6.45, 7) is 6.90. The Hall–Kier alpha value is -2.26. The molecule has 1 fully saturated rings. The molecule has 174 valence electrons. The molecule has 2 aromatic carbocycles. The number of hydrogen-bond donors (Lipinski definition) is 2. The first-order chi connectivity index (χ1) is 15.4. The summed E-state index contributed by atoms with van der Waals surface area (Å²) in [5.74, 6) is -0.409. The normalized spacial score (nSPS) is 20.4. The van der Waals surface area contributed by atoms with Crippen molar-refractivity contribution in [2.75, 3.05) is 26.7 Å². The van der Waals surface area contributed by atoms with E-state index in [-0.39, 0.29) is 12.6 Å². The molecule has 1 aliphatic rings. The fourth-order valence-electron chi connectivity index (χ4n) is 4.42. The van der Waals surface area contributed by atoms with Crippen molar-refractivity contribution in [3.05, 3.63) is 71.3 Å². The molecule has 0 aliphatic carbocycles. The summed E-state index contributed by atoms with van der Waals surface area (Å²) >= 11 is 0. The van der Waals surface area contributed by atoms with Crippen LogP contribution in [0.2, 0.25) is 0 Å². The minimum absolute atomic E-state index is 0.141. The Morgan fingerprint density at radius 2 is 1.72 bits per heavy atom. The maximum Gasteiger partial charge on any atom is 0.337 e. The smallest absolute Gasteiger partial charge is 0.337 e. The third-order valence-corrected chi connectivity index (χ3v) is 6.65. The minimum Gasteiger partial charge on any atom is -0.465 e. The number of esters is 1. The van der Waals surface area contributed by atoms with E-state index in [4.69, 9.17) is 4.74 Å². The van der Waals surface area contributed by atoms with Crippen molar-refractivity contribution in [1.82, 2.24) is 14.5 Å². The molecule has 0 amide bonds. The van der Waals surface area contributed by atoms with Crippen molar-refractivity contribution in [1.29, 1.82) is 0 Å². The third-order valence-electron chi connectivity index (χ3n) is 5.84. The summed E-state index contributed by atoms with van der Waals surface area (Å²) in [5, 5.41) is 3.57. The zero-order chi connectivity index (χ0) is 23.1. The zero-order valence-electron chi connectivity index (χ0n) is 18.9. The largest absolute Gasteiger partial charge is 0.465 e. The van der Waals surface area contributed by atoms with Crippen LogP contribution in [0, 0.1) is 0 Å². The highest BCUT2D eigenvalue weighted by molar-refractivity contribution is 7.69. The molecule has 8 heteroatoms. The summed E-state index contributed by atoms with van der Waals surface area (Å²) in [4.78, 5) is 14.1. The number of hydrogen-bond acceptors (Lipinski definition) is 6. The number of benzene rings is 2. The number of carbonyl (C=O) groups is 1. The maximum absolute atomic E-state index is 12.0. The predicted octanol–water partition coefficient (Wildman–Crippen LogP) is 2.62. The average Bonchev–Trinajstić information content (AvgIpc) is 2.78. The molecule has 0 aromatic heterocycles.